The van der Waals surface area contributed by atoms with Crippen LogP contribution in [-0.2, 0) is 14.3 Å². The molecule has 1 aliphatic carbocycles. The summed E-state index contributed by atoms with van der Waals surface area (Å²) in [4.78, 5) is 22.9. The van der Waals surface area contributed by atoms with Gasteiger partial charge in [-0.25, -0.2) is 0 Å². The van der Waals surface area contributed by atoms with Crippen molar-refractivity contribution in [1.29, 1.82) is 0 Å². The molecule has 116 valence electrons. The molecule has 0 radical (unpaired) electrons. The van der Waals surface area contributed by atoms with Gasteiger partial charge < -0.3 is 15.8 Å². The molecule has 0 aromatic rings. The van der Waals surface area contributed by atoms with E-state index in [2.05, 4.69) is 10.1 Å². The van der Waals surface area contributed by atoms with Crippen LogP contribution in [0.4, 0.5) is 0 Å². The van der Waals surface area contributed by atoms with E-state index in [0.29, 0.717) is 18.9 Å². The van der Waals surface area contributed by atoms with Crippen molar-refractivity contribution in [3.05, 3.63) is 0 Å². The van der Waals surface area contributed by atoms with Crippen molar-refractivity contribution in [2.24, 2.45) is 17.6 Å². The number of amides is 1. The number of rotatable bonds is 8. The zero-order valence-corrected chi connectivity index (χ0v) is 12.5. The Labute approximate surface area is 121 Å². The molecule has 1 amide bonds. The van der Waals surface area contributed by atoms with Gasteiger partial charge in [-0.15, -0.1) is 0 Å². The van der Waals surface area contributed by atoms with E-state index in [4.69, 9.17) is 5.73 Å². The highest BCUT2D eigenvalue weighted by Crippen LogP contribution is 2.28. The molecule has 0 unspecified atom stereocenters. The van der Waals surface area contributed by atoms with E-state index in [-0.39, 0.29) is 17.8 Å². The average molecular weight is 284 g/mol. The normalized spacial score (nSPS) is 22.3. The lowest BCUT2D eigenvalue weighted by Crippen LogP contribution is -2.34. The average Bonchev–Trinajstić information content (AvgIpc) is 2.50. The monoisotopic (exact) mass is 284 g/mol. The second-order valence-electron chi connectivity index (χ2n) is 5.63. The first-order valence-corrected chi connectivity index (χ1v) is 7.72. The fourth-order valence-corrected chi connectivity index (χ4v) is 2.69. The summed E-state index contributed by atoms with van der Waals surface area (Å²) >= 11 is 0. The smallest absolute Gasteiger partial charge is 0.305 e. The minimum atomic E-state index is -0.161. The fourth-order valence-electron chi connectivity index (χ4n) is 2.69. The molecule has 0 aliphatic heterocycles. The van der Waals surface area contributed by atoms with Gasteiger partial charge in [0.05, 0.1) is 7.11 Å². The van der Waals surface area contributed by atoms with E-state index >= 15 is 0 Å². The maximum Gasteiger partial charge on any atom is 0.305 e. The third-order valence-electron chi connectivity index (χ3n) is 4.14. The molecule has 5 heteroatoms. The van der Waals surface area contributed by atoms with Gasteiger partial charge in [0, 0.05) is 18.9 Å². The van der Waals surface area contributed by atoms with Crippen LogP contribution >= 0.6 is 0 Å². The van der Waals surface area contributed by atoms with E-state index < -0.39 is 0 Å². The van der Waals surface area contributed by atoms with Gasteiger partial charge in [0.25, 0.3) is 0 Å². The van der Waals surface area contributed by atoms with E-state index in [1.54, 1.807) is 0 Å². The highest BCUT2D eigenvalue weighted by molar-refractivity contribution is 5.78. The summed E-state index contributed by atoms with van der Waals surface area (Å²) in [6.07, 6.45) is 7.24. The van der Waals surface area contributed by atoms with Crippen LogP contribution in [0.5, 0.6) is 0 Å². The zero-order valence-electron chi connectivity index (χ0n) is 12.5. The summed E-state index contributed by atoms with van der Waals surface area (Å²) in [6, 6.07) is 0. The number of nitrogens with two attached hydrogens (primary N) is 1. The van der Waals surface area contributed by atoms with Crippen LogP contribution in [0.15, 0.2) is 0 Å². The van der Waals surface area contributed by atoms with Crippen LogP contribution in [-0.4, -0.2) is 32.1 Å². The predicted octanol–water partition coefficient (Wildman–Crippen LogP) is 1.60. The Kier molecular flexibility index (Phi) is 8.26. The largest absolute Gasteiger partial charge is 0.469 e. The second-order valence-corrected chi connectivity index (χ2v) is 5.63. The highest BCUT2D eigenvalue weighted by Gasteiger charge is 2.25. The molecule has 0 heterocycles. The number of unbranched alkanes of at least 4 members (excludes halogenated alkanes) is 2. The topological polar surface area (TPSA) is 81.4 Å². The maximum atomic E-state index is 12.0. The number of esters is 1. The van der Waals surface area contributed by atoms with Crippen LogP contribution < -0.4 is 11.1 Å². The third kappa shape index (κ3) is 6.37. The van der Waals surface area contributed by atoms with Crippen molar-refractivity contribution in [1.82, 2.24) is 5.32 Å². The van der Waals surface area contributed by atoms with Crippen molar-refractivity contribution in [3.8, 4) is 0 Å². The lowest BCUT2D eigenvalue weighted by molar-refractivity contribution is -0.140. The molecule has 0 aromatic carbocycles. The molecule has 3 N–H and O–H groups in total. The lowest BCUT2D eigenvalue weighted by atomic mass is 9.81. The molecule has 1 aliphatic rings. The molecule has 20 heavy (non-hydrogen) atoms. The minimum absolute atomic E-state index is 0.161. The molecule has 0 spiro atoms. The summed E-state index contributed by atoms with van der Waals surface area (Å²) < 4.78 is 4.57. The van der Waals surface area contributed by atoms with Gasteiger partial charge in [0.15, 0.2) is 0 Å². The minimum Gasteiger partial charge on any atom is -0.469 e. The third-order valence-corrected chi connectivity index (χ3v) is 4.14. The number of methoxy groups -OCH3 is 1. The van der Waals surface area contributed by atoms with Gasteiger partial charge in [0.1, 0.15) is 0 Å². The number of carbonyl (C=O) groups excluding carboxylic acids is 2. The van der Waals surface area contributed by atoms with Crippen molar-refractivity contribution in [2.45, 2.75) is 51.4 Å². The second kappa shape index (κ2) is 9.75. The fraction of sp³-hybridized carbons (Fsp3) is 0.867. The first-order chi connectivity index (χ1) is 9.67. The molecule has 0 atom stereocenters. The summed E-state index contributed by atoms with van der Waals surface area (Å²) in [5.41, 5.74) is 5.65. The van der Waals surface area contributed by atoms with Crippen LogP contribution in [0.1, 0.15) is 51.4 Å². The molecule has 5 nitrogen and oxygen atoms in total. The van der Waals surface area contributed by atoms with Crippen molar-refractivity contribution >= 4 is 11.9 Å². The number of hydrogen-bond acceptors (Lipinski definition) is 4. The Balaban J connectivity index is 2.02. The van der Waals surface area contributed by atoms with Crippen LogP contribution in [0.3, 0.4) is 0 Å². The number of hydrogen-bond donors (Lipinski definition) is 2. The quantitative estimate of drug-likeness (QED) is 0.524. The Morgan fingerprint density at radius 3 is 2.45 bits per heavy atom. The summed E-state index contributed by atoms with van der Waals surface area (Å²) in [6.45, 7) is 1.45. The van der Waals surface area contributed by atoms with Crippen molar-refractivity contribution in [3.63, 3.8) is 0 Å². The summed E-state index contributed by atoms with van der Waals surface area (Å²) in [5, 5.41) is 3.00. The van der Waals surface area contributed by atoms with Gasteiger partial charge in [0.2, 0.25) is 5.91 Å². The van der Waals surface area contributed by atoms with Gasteiger partial charge in [-0.3, -0.25) is 9.59 Å². The van der Waals surface area contributed by atoms with E-state index in [1.807, 2.05) is 0 Å². The summed E-state index contributed by atoms with van der Waals surface area (Å²) in [7, 11) is 1.40. The van der Waals surface area contributed by atoms with Crippen LogP contribution in [0, 0.1) is 11.8 Å². The van der Waals surface area contributed by atoms with E-state index in [9.17, 15) is 9.59 Å². The van der Waals surface area contributed by atoms with Gasteiger partial charge in [-0.1, -0.05) is 6.42 Å². The molecule has 0 aromatic heterocycles. The molecule has 1 fully saturated rings. The van der Waals surface area contributed by atoms with Gasteiger partial charge in [-0.05, 0) is 51.0 Å². The van der Waals surface area contributed by atoms with E-state index in [0.717, 1.165) is 51.5 Å². The standard InChI is InChI=1S/C15H28N2O3/c1-20-14(18)5-3-2-4-10-17-15(19)13-8-6-12(11-16)7-9-13/h12-13H,2-11,16H2,1H3,(H,17,19). The maximum absolute atomic E-state index is 12.0. The SMILES string of the molecule is COC(=O)CCCCCNC(=O)C1CCC(CN)CC1. The summed E-state index contributed by atoms with van der Waals surface area (Å²) in [5.74, 6) is 0.810. The molecule has 1 saturated carbocycles. The van der Waals surface area contributed by atoms with Gasteiger partial charge in [-0.2, -0.15) is 0 Å². The van der Waals surface area contributed by atoms with Crippen LogP contribution in [0.25, 0.3) is 0 Å². The van der Waals surface area contributed by atoms with Crippen molar-refractivity contribution < 1.29 is 14.3 Å². The number of nitrogens with one attached hydrogen (secondary N) is 1. The number of carbonyl (C=O) groups is 2. The molecule has 0 bridgehead atoms. The van der Waals surface area contributed by atoms with Crippen LogP contribution in [0.2, 0.25) is 0 Å². The molecule has 1 rings (SSSR count). The predicted molar refractivity (Wildman–Crippen MR) is 78.0 cm³/mol. The Morgan fingerprint density at radius 2 is 1.85 bits per heavy atom. The highest BCUT2D eigenvalue weighted by atomic mass is 16.5. The zero-order chi connectivity index (χ0) is 14.8. The first kappa shape index (κ1) is 17.0. The lowest BCUT2D eigenvalue weighted by Gasteiger charge is -2.26. The van der Waals surface area contributed by atoms with E-state index in [1.165, 1.54) is 7.11 Å². The van der Waals surface area contributed by atoms with Gasteiger partial charge >= 0.3 is 5.97 Å². The Morgan fingerprint density at radius 1 is 1.15 bits per heavy atom. The molecular formula is C15H28N2O3. The molecular weight excluding hydrogens is 256 g/mol. The Bertz CT molecular complexity index is 299. The first-order valence-electron chi connectivity index (χ1n) is 7.72. The molecule has 0 saturated heterocycles. The number of ether oxygens (including phenoxy) is 1. The van der Waals surface area contributed by atoms with Crippen molar-refractivity contribution in [2.75, 3.05) is 20.2 Å². The Hall–Kier alpha value is -1.10.